The van der Waals surface area contributed by atoms with E-state index in [2.05, 4.69) is 4.74 Å². The second kappa shape index (κ2) is 6.35. The van der Waals surface area contributed by atoms with Gasteiger partial charge in [0.2, 0.25) is 0 Å². The Morgan fingerprint density at radius 1 is 1.40 bits per heavy atom. The maximum Gasteiger partial charge on any atom is 0.331 e. The van der Waals surface area contributed by atoms with Gasteiger partial charge in [0, 0.05) is 6.08 Å². The van der Waals surface area contributed by atoms with E-state index in [1.807, 2.05) is 12.1 Å². The minimum Gasteiger partial charge on any atom is -0.466 e. The van der Waals surface area contributed by atoms with Gasteiger partial charge in [-0.3, -0.25) is 0 Å². The third-order valence-corrected chi connectivity index (χ3v) is 1.67. The van der Waals surface area contributed by atoms with Crippen LogP contribution in [-0.2, 0) is 9.53 Å². The van der Waals surface area contributed by atoms with E-state index in [0.29, 0.717) is 11.1 Å². The van der Waals surface area contributed by atoms with E-state index in [4.69, 9.17) is 5.26 Å². The first-order valence-electron chi connectivity index (χ1n) is 4.03. The quantitative estimate of drug-likeness (QED) is 0.453. The Bertz CT molecular complexity index is 391. The molecule has 0 fully saturated rings. The Hall–Kier alpha value is -2.12. The molecule has 0 radical (unpaired) electrons. The van der Waals surface area contributed by atoms with Crippen molar-refractivity contribution in [3.05, 3.63) is 42.0 Å². The van der Waals surface area contributed by atoms with Crippen LogP contribution in [0.15, 0.2) is 36.4 Å². The first-order valence-corrected chi connectivity index (χ1v) is 4.03. The number of allylic oxidation sites excluding steroid dienone is 1. The molecule has 0 atom stereocenters. The van der Waals surface area contributed by atoms with E-state index in [9.17, 15) is 4.79 Å². The lowest BCUT2D eigenvalue weighted by Gasteiger charge is -1.97. The minimum absolute atomic E-state index is 0. The molecule has 0 spiro atoms. The van der Waals surface area contributed by atoms with Gasteiger partial charge in [-0.15, -0.1) is 0 Å². The average molecular weight is 204 g/mol. The summed E-state index contributed by atoms with van der Waals surface area (Å²) in [4.78, 5) is 10.9. The zero-order valence-electron chi connectivity index (χ0n) is 8.43. The van der Waals surface area contributed by atoms with Gasteiger partial charge in [0.25, 0.3) is 0 Å². The predicted octanol–water partition coefficient (Wildman–Crippen LogP) is 1.93. The predicted molar refractivity (Wildman–Crippen MR) is 57.1 cm³/mol. The maximum atomic E-state index is 10.9. The largest absolute Gasteiger partial charge is 0.466 e. The van der Waals surface area contributed by atoms with Gasteiger partial charge >= 0.3 is 5.97 Å². The van der Waals surface area contributed by atoms with E-state index in [1.54, 1.807) is 24.3 Å². The number of nitrogens with zero attached hydrogens (tertiary/aromatic N) is 1. The molecule has 0 bridgehead atoms. The third-order valence-electron chi connectivity index (χ3n) is 1.67. The van der Waals surface area contributed by atoms with Crippen molar-refractivity contribution in [3.63, 3.8) is 0 Å². The molecule has 4 nitrogen and oxygen atoms in total. The standard InChI is InChI=1S/C11H9NO2.H3N/c1-14-11(13)7-10(8-12)9-5-3-2-4-6-9;/h2-7H,1H3;1H3. The van der Waals surface area contributed by atoms with Crippen LogP contribution in [0.4, 0.5) is 0 Å². The highest BCUT2D eigenvalue weighted by molar-refractivity contribution is 5.95. The summed E-state index contributed by atoms with van der Waals surface area (Å²) in [5.41, 5.74) is 1.01. The van der Waals surface area contributed by atoms with E-state index < -0.39 is 5.97 Å². The topological polar surface area (TPSA) is 85.1 Å². The molecule has 15 heavy (non-hydrogen) atoms. The highest BCUT2D eigenvalue weighted by Gasteiger charge is 2.02. The molecule has 1 rings (SSSR count). The molecule has 3 N–H and O–H groups in total. The molecular weight excluding hydrogens is 192 g/mol. The fraction of sp³-hybridized carbons (Fsp3) is 0.0909. The summed E-state index contributed by atoms with van der Waals surface area (Å²) < 4.78 is 4.44. The SMILES string of the molecule is COC(=O)C=C(C#N)c1ccccc1.N. The van der Waals surface area contributed by atoms with E-state index in [-0.39, 0.29) is 6.15 Å². The fourth-order valence-corrected chi connectivity index (χ4v) is 0.975. The van der Waals surface area contributed by atoms with Gasteiger partial charge in [-0.2, -0.15) is 5.26 Å². The fourth-order valence-electron chi connectivity index (χ4n) is 0.975. The number of esters is 1. The second-order valence-electron chi connectivity index (χ2n) is 2.56. The molecule has 4 heteroatoms. The highest BCUT2D eigenvalue weighted by Crippen LogP contribution is 2.12. The Morgan fingerprint density at radius 2 is 2.00 bits per heavy atom. The maximum absolute atomic E-state index is 10.9. The van der Waals surface area contributed by atoms with Gasteiger partial charge in [-0.05, 0) is 5.56 Å². The number of hydrogen-bond donors (Lipinski definition) is 1. The molecule has 78 valence electrons. The Kier molecular flexibility index (Phi) is 5.45. The van der Waals surface area contributed by atoms with Crippen molar-refractivity contribution < 1.29 is 9.53 Å². The van der Waals surface area contributed by atoms with Crippen LogP contribution in [0.5, 0.6) is 0 Å². The van der Waals surface area contributed by atoms with Crippen LogP contribution in [0.2, 0.25) is 0 Å². The second-order valence-corrected chi connectivity index (χ2v) is 2.56. The van der Waals surface area contributed by atoms with Gasteiger partial charge in [-0.1, -0.05) is 30.3 Å². The Morgan fingerprint density at radius 3 is 2.47 bits per heavy atom. The van der Waals surface area contributed by atoms with Gasteiger partial charge in [-0.25, -0.2) is 4.79 Å². The van der Waals surface area contributed by atoms with Crippen molar-refractivity contribution in [2.75, 3.05) is 7.11 Å². The number of rotatable bonds is 2. The Balaban J connectivity index is 0.00000196. The number of benzene rings is 1. The molecule has 0 unspecified atom stereocenters. The number of carbonyl (C=O) groups excluding carboxylic acids is 1. The summed E-state index contributed by atoms with van der Waals surface area (Å²) >= 11 is 0. The molecule has 0 saturated carbocycles. The summed E-state index contributed by atoms with van der Waals surface area (Å²) in [7, 11) is 1.28. The normalized spacial score (nSPS) is 9.73. The van der Waals surface area contributed by atoms with Crippen LogP contribution < -0.4 is 6.15 Å². The highest BCUT2D eigenvalue weighted by atomic mass is 16.5. The molecule has 0 saturated heterocycles. The van der Waals surface area contributed by atoms with Crippen LogP contribution in [-0.4, -0.2) is 13.1 Å². The molecule has 0 heterocycles. The van der Waals surface area contributed by atoms with E-state index in [0.717, 1.165) is 0 Å². The molecule has 1 aromatic carbocycles. The number of hydrogen-bond acceptors (Lipinski definition) is 4. The van der Waals surface area contributed by atoms with Crippen molar-refractivity contribution in [1.29, 1.82) is 5.26 Å². The number of nitriles is 1. The lowest BCUT2D eigenvalue weighted by molar-refractivity contribution is -0.134. The molecule has 0 aliphatic heterocycles. The monoisotopic (exact) mass is 204 g/mol. The summed E-state index contributed by atoms with van der Waals surface area (Å²) in [5.74, 6) is -0.523. The van der Waals surface area contributed by atoms with Gasteiger partial charge in [0.1, 0.15) is 6.07 Å². The first kappa shape index (κ1) is 12.9. The van der Waals surface area contributed by atoms with Crippen LogP contribution in [0.1, 0.15) is 5.56 Å². The summed E-state index contributed by atoms with van der Waals surface area (Å²) in [6.07, 6.45) is 1.18. The number of ether oxygens (including phenoxy) is 1. The molecule has 1 aromatic rings. The van der Waals surface area contributed by atoms with Crippen molar-refractivity contribution in [2.24, 2.45) is 0 Å². The number of methoxy groups -OCH3 is 1. The van der Waals surface area contributed by atoms with Crippen LogP contribution >= 0.6 is 0 Å². The zero-order chi connectivity index (χ0) is 10.4. The van der Waals surface area contributed by atoms with Crippen LogP contribution in [0.25, 0.3) is 5.57 Å². The zero-order valence-corrected chi connectivity index (χ0v) is 8.43. The van der Waals surface area contributed by atoms with E-state index >= 15 is 0 Å². The summed E-state index contributed by atoms with van der Waals surface area (Å²) in [5, 5.41) is 8.80. The van der Waals surface area contributed by atoms with Gasteiger partial charge < -0.3 is 10.9 Å². The van der Waals surface area contributed by atoms with E-state index in [1.165, 1.54) is 13.2 Å². The van der Waals surface area contributed by atoms with Gasteiger partial charge in [0.15, 0.2) is 0 Å². The summed E-state index contributed by atoms with van der Waals surface area (Å²) in [6.45, 7) is 0. The third kappa shape index (κ3) is 3.63. The van der Waals surface area contributed by atoms with Crippen molar-refractivity contribution in [3.8, 4) is 6.07 Å². The Labute approximate surface area is 88.4 Å². The van der Waals surface area contributed by atoms with Gasteiger partial charge in [0.05, 0.1) is 12.7 Å². The smallest absolute Gasteiger partial charge is 0.331 e. The number of carbonyl (C=O) groups is 1. The van der Waals surface area contributed by atoms with Crippen molar-refractivity contribution in [2.45, 2.75) is 0 Å². The molecule has 0 amide bonds. The minimum atomic E-state index is -0.523. The first-order chi connectivity index (χ1) is 6.77. The summed E-state index contributed by atoms with van der Waals surface area (Å²) in [6, 6.07) is 10.9. The molecule has 0 aliphatic carbocycles. The molecule has 0 aliphatic rings. The lowest BCUT2D eigenvalue weighted by atomic mass is 10.1. The average Bonchev–Trinajstić information content (AvgIpc) is 2.26. The van der Waals surface area contributed by atoms with Crippen molar-refractivity contribution >= 4 is 11.5 Å². The van der Waals surface area contributed by atoms with Crippen LogP contribution in [0.3, 0.4) is 0 Å². The lowest BCUT2D eigenvalue weighted by Crippen LogP contribution is -1.96. The van der Waals surface area contributed by atoms with Crippen molar-refractivity contribution in [1.82, 2.24) is 6.15 Å². The molecule has 0 aromatic heterocycles. The molecular formula is C11H12N2O2. The van der Waals surface area contributed by atoms with Crippen LogP contribution in [0, 0.1) is 11.3 Å².